The largest absolute Gasteiger partial charge is 0.535 e. The third kappa shape index (κ3) is 5.70. The van der Waals surface area contributed by atoms with Crippen LogP contribution < -0.4 is 0 Å². The number of oxime groups is 1. The van der Waals surface area contributed by atoms with E-state index in [9.17, 15) is 9.59 Å². The third-order valence-electron chi connectivity index (χ3n) is 3.92. The molecule has 7 heteroatoms. The molecular formula is C18H22N2O5. The molecule has 2 rings (SSSR count). The summed E-state index contributed by atoms with van der Waals surface area (Å²) in [6.45, 7) is 5.52. The van der Waals surface area contributed by atoms with Crippen molar-refractivity contribution in [1.29, 1.82) is 0 Å². The molecule has 0 aliphatic heterocycles. The van der Waals surface area contributed by atoms with Crippen LogP contribution in [0, 0.1) is 5.92 Å². The number of pyridine rings is 1. The normalized spacial score (nSPS) is 20.4. The van der Waals surface area contributed by atoms with Gasteiger partial charge in [-0.25, -0.2) is 9.59 Å². The molecule has 1 aromatic rings. The van der Waals surface area contributed by atoms with Gasteiger partial charge in [0.15, 0.2) is 0 Å². The van der Waals surface area contributed by atoms with Gasteiger partial charge in [-0.05, 0) is 37.3 Å². The van der Waals surface area contributed by atoms with E-state index in [0.29, 0.717) is 0 Å². The van der Waals surface area contributed by atoms with E-state index in [1.54, 1.807) is 18.2 Å². The molecule has 0 spiro atoms. The van der Waals surface area contributed by atoms with E-state index in [4.69, 9.17) is 14.3 Å². The van der Waals surface area contributed by atoms with E-state index in [1.165, 1.54) is 12.3 Å². The lowest BCUT2D eigenvalue weighted by molar-refractivity contribution is -0.134. The van der Waals surface area contributed by atoms with Crippen LogP contribution >= 0.6 is 0 Å². The van der Waals surface area contributed by atoms with Crippen molar-refractivity contribution in [2.45, 2.75) is 38.7 Å². The van der Waals surface area contributed by atoms with E-state index in [-0.39, 0.29) is 30.0 Å². The van der Waals surface area contributed by atoms with Crippen molar-refractivity contribution in [3.63, 3.8) is 0 Å². The molecule has 0 saturated heterocycles. The second-order valence-corrected chi connectivity index (χ2v) is 5.80. The minimum absolute atomic E-state index is 0.00865. The number of hydrogen-bond acceptors (Lipinski definition) is 7. The second kappa shape index (κ2) is 9.56. The van der Waals surface area contributed by atoms with Gasteiger partial charge in [0, 0.05) is 6.20 Å². The summed E-state index contributed by atoms with van der Waals surface area (Å²) in [6, 6.07) is 4.93. The van der Waals surface area contributed by atoms with Crippen molar-refractivity contribution in [3.8, 4) is 0 Å². The zero-order chi connectivity index (χ0) is 18.1. The Kier molecular flexibility index (Phi) is 7.13. The Bertz CT molecular complexity index is 630. The van der Waals surface area contributed by atoms with E-state index in [2.05, 4.69) is 16.7 Å². The van der Waals surface area contributed by atoms with Crippen molar-refractivity contribution in [2.75, 3.05) is 6.61 Å². The Morgan fingerprint density at radius 3 is 2.84 bits per heavy atom. The molecule has 2 atom stereocenters. The number of ether oxygens (including phenoxy) is 2. The molecule has 1 aliphatic carbocycles. The first-order chi connectivity index (χ1) is 12.1. The molecule has 0 amide bonds. The van der Waals surface area contributed by atoms with Crippen molar-refractivity contribution < 1.29 is 23.9 Å². The number of esters is 1. The van der Waals surface area contributed by atoms with Gasteiger partial charge in [-0.3, -0.25) is 9.82 Å². The standard InChI is InChI=1S/C18H22N2O5/c1-3-12-23-17(21)16(14-9-6-7-11-19-14)20-25-18(22)24-15-10-5-4-8-13(15)2/h3,6-7,9,11,13,15H,1,4-5,8,10,12H2,2H3/b20-16-/t13-,15-/m1/s1. The maximum Gasteiger partial charge on any atom is 0.535 e. The minimum atomic E-state index is -0.941. The topological polar surface area (TPSA) is 87.1 Å². The maximum absolute atomic E-state index is 12.1. The third-order valence-corrected chi connectivity index (χ3v) is 3.92. The maximum atomic E-state index is 12.1. The summed E-state index contributed by atoms with van der Waals surface area (Å²) in [6.07, 6.45) is 5.74. The highest BCUT2D eigenvalue weighted by Gasteiger charge is 2.26. The van der Waals surface area contributed by atoms with Gasteiger partial charge in [-0.1, -0.05) is 37.2 Å². The van der Waals surface area contributed by atoms with Gasteiger partial charge in [0.05, 0.1) is 5.69 Å². The Morgan fingerprint density at radius 1 is 1.36 bits per heavy atom. The van der Waals surface area contributed by atoms with Gasteiger partial charge in [0.2, 0.25) is 5.71 Å². The summed E-state index contributed by atoms with van der Waals surface area (Å²) < 4.78 is 10.2. The first kappa shape index (κ1) is 18.6. The zero-order valence-corrected chi connectivity index (χ0v) is 14.2. The van der Waals surface area contributed by atoms with Crippen LogP contribution in [0.15, 0.2) is 42.2 Å². The summed E-state index contributed by atoms with van der Waals surface area (Å²) in [4.78, 5) is 32.8. The summed E-state index contributed by atoms with van der Waals surface area (Å²) >= 11 is 0. The van der Waals surface area contributed by atoms with Crippen LogP contribution in [0.5, 0.6) is 0 Å². The number of hydrogen-bond donors (Lipinski definition) is 0. The SMILES string of the molecule is C=CCOC(=O)/C(=N\OC(=O)O[C@@H]1CCCC[C@H]1C)c1ccccn1. The lowest BCUT2D eigenvalue weighted by Crippen LogP contribution is -2.28. The highest BCUT2D eigenvalue weighted by Crippen LogP contribution is 2.26. The van der Waals surface area contributed by atoms with E-state index < -0.39 is 12.1 Å². The van der Waals surface area contributed by atoms with Gasteiger partial charge < -0.3 is 9.47 Å². The Morgan fingerprint density at radius 2 is 2.16 bits per heavy atom. The molecule has 0 radical (unpaired) electrons. The molecule has 1 aliphatic rings. The Hall–Kier alpha value is -2.70. The molecule has 1 saturated carbocycles. The zero-order valence-electron chi connectivity index (χ0n) is 14.2. The Balaban J connectivity index is 2.04. The van der Waals surface area contributed by atoms with E-state index >= 15 is 0 Å². The van der Waals surface area contributed by atoms with Gasteiger partial charge >= 0.3 is 12.1 Å². The summed E-state index contributed by atoms with van der Waals surface area (Å²) in [5.41, 5.74) is 0.0199. The van der Waals surface area contributed by atoms with Crippen LogP contribution in [0.25, 0.3) is 0 Å². The lowest BCUT2D eigenvalue weighted by atomic mass is 9.88. The molecule has 0 N–H and O–H groups in total. The average molecular weight is 346 g/mol. The number of aromatic nitrogens is 1. The van der Waals surface area contributed by atoms with Crippen LogP contribution in [0.3, 0.4) is 0 Å². The molecule has 0 aromatic carbocycles. The van der Waals surface area contributed by atoms with Crippen molar-refractivity contribution in [1.82, 2.24) is 4.98 Å². The fourth-order valence-corrected chi connectivity index (χ4v) is 2.58. The van der Waals surface area contributed by atoms with Crippen LogP contribution in [0.2, 0.25) is 0 Å². The second-order valence-electron chi connectivity index (χ2n) is 5.80. The molecule has 0 bridgehead atoms. The molecule has 1 fully saturated rings. The van der Waals surface area contributed by atoms with Gasteiger partial charge in [-0.2, -0.15) is 0 Å². The van der Waals surface area contributed by atoms with E-state index in [1.807, 2.05) is 6.92 Å². The molecule has 1 aromatic heterocycles. The van der Waals surface area contributed by atoms with Crippen molar-refractivity contribution >= 4 is 17.8 Å². The number of carbonyl (C=O) groups excluding carboxylic acids is 2. The van der Waals surface area contributed by atoms with E-state index in [0.717, 1.165) is 25.7 Å². The number of nitrogens with zero attached hydrogens (tertiary/aromatic N) is 2. The van der Waals surface area contributed by atoms with Crippen LogP contribution in [-0.4, -0.2) is 35.5 Å². The predicted molar refractivity (Wildman–Crippen MR) is 90.9 cm³/mol. The lowest BCUT2D eigenvalue weighted by Gasteiger charge is -2.27. The van der Waals surface area contributed by atoms with Crippen LogP contribution in [0.1, 0.15) is 38.3 Å². The van der Waals surface area contributed by atoms with Gasteiger partial charge in [-0.15, -0.1) is 0 Å². The number of carbonyl (C=O) groups is 2. The smallest absolute Gasteiger partial charge is 0.457 e. The molecule has 0 unspecified atom stereocenters. The molecule has 25 heavy (non-hydrogen) atoms. The molecule has 7 nitrogen and oxygen atoms in total. The fraction of sp³-hybridized carbons (Fsp3) is 0.444. The fourth-order valence-electron chi connectivity index (χ4n) is 2.58. The molecule has 134 valence electrons. The number of rotatable bonds is 6. The first-order valence-electron chi connectivity index (χ1n) is 8.27. The molecule has 1 heterocycles. The monoisotopic (exact) mass is 346 g/mol. The highest BCUT2D eigenvalue weighted by atomic mass is 16.8. The average Bonchev–Trinajstić information content (AvgIpc) is 2.63. The highest BCUT2D eigenvalue weighted by molar-refractivity contribution is 6.42. The van der Waals surface area contributed by atoms with Crippen LogP contribution in [0.4, 0.5) is 4.79 Å². The molecular weight excluding hydrogens is 324 g/mol. The summed E-state index contributed by atoms with van der Waals surface area (Å²) in [5, 5.41) is 3.61. The summed E-state index contributed by atoms with van der Waals surface area (Å²) in [7, 11) is 0. The predicted octanol–water partition coefficient (Wildman–Crippen LogP) is 3.25. The quantitative estimate of drug-likeness (QED) is 0.258. The van der Waals surface area contributed by atoms with Crippen molar-refractivity contribution in [3.05, 3.63) is 42.7 Å². The van der Waals surface area contributed by atoms with Gasteiger partial charge in [0.25, 0.3) is 0 Å². The Labute approximate surface area is 146 Å². The summed E-state index contributed by atoms with van der Waals surface area (Å²) in [5.74, 6) is -0.490. The van der Waals surface area contributed by atoms with Gasteiger partial charge in [0.1, 0.15) is 12.7 Å². The van der Waals surface area contributed by atoms with Crippen molar-refractivity contribution in [2.24, 2.45) is 11.1 Å². The first-order valence-corrected chi connectivity index (χ1v) is 8.27. The van der Waals surface area contributed by atoms with Crippen LogP contribution in [-0.2, 0) is 19.1 Å². The minimum Gasteiger partial charge on any atom is -0.457 e.